The summed E-state index contributed by atoms with van der Waals surface area (Å²) < 4.78 is 5.34. The number of anilines is 2. The van der Waals surface area contributed by atoms with E-state index in [0.29, 0.717) is 23.0 Å². The van der Waals surface area contributed by atoms with Gasteiger partial charge in [-0.25, -0.2) is 4.79 Å². The molecule has 2 atom stereocenters. The first kappa shape index (κ1) is 14.7. The lowest BCUT2D eigenvalue weighted by Crippen LogP contribution is -2.40. The molecule has 0 bridgehead atoms. The summed E-state index contributed by atoms with van der Waals surface area (Å²) in [6.07, 6.45) is 4.48. The van der Waals surface area contributed by atoms with Gasteiger partial charge in [0, 0.05) is 17.8 Å². The van der Waals surface area contributed by atoms with Gasteiger partial charge < -0.3 is 20.7 Å². The van der Waals surface area contributed by atoms with Crippen LogP contribution in [0.15, 0.2) is 18.2 Å². The van der Waals surface area contributed by atoms with Gasteiger partial charge in [-0.1, -0.05) is 19.8 Å². The summed E-state index contributed by atoms with van der Waals surface area (Å²) in [5, 5.41) is 8.57. The van der Waals surface area contributed by atoms with Crippen LogP contribution in [0.5, 0.6) is 5.75 Å². The number of rotatable bonds is 2. The Kier molecular flexibility index (Phi) is 4.18. The third-order valence-electron chi connectivity index (χ3n) is 4.14. The van der Waals surface area contributed by atoms with E-state index in [0.717, 1.165) is 12.8 Å². The number of benzene rings is 1. The summed E-state index contributed by atoms with van der Waals surface area (Å²) >= 11 is 0. The van der Waals surface area contributed by atoms with Crippen LogP contribution in [-0.2, 0) is 4.79 Å². The molecule has 1 aliphatic carbocycles. The number of carbonyl (C=O) groups is 2. The molecule has 3 rings (SSSR count). The average molecular weight is 303 g/mol. The Morgan fingerprint density at radius 1 is 1.36 bits per heavy atom. The maximum absolute atomic E-state index is 12.1. The molecule has 22 heavy (non-hydrogen) atoms. The molecule has 1 aromatic carbocycles. The van der Waals surface area contributed by atoms with E-state index in [9.17, 15) is 9.59 Å². The highest BCUT2D eigenvalue weighted by atomic mass is 16.5. The van der Waals surface area contributed by atoms with Crippen molar-refractivity contribution in [2.45, 2.75) is 38.6 Å². The monoisotopic (exact) mass is 303 g/mol. The Labute approximate surface area is 129 Å². The summed E-state index contributed by atoms with van der Waals surface area (Å²) in [6.45, 7) is 2.23. The van der Waals surface area contributed by atoms with Crippen molar-refractivity contribution in [1.82, 2.24) is 5.32 Å². The molecule has 1 aliphatic heterocycles. The lowest BCUT2D eigenvalue weighted by molar-refractivity contribution is -0.118. The summed E-state index contributed by atoms with van der Waals surface area (Å²) in [7, 11) is 0. The van der Waals surface area contributed by atoms with Crippen molar-refractivity contribution < 1.29 is 14.3 Å². The molecule has 0 radical (unpaired) electrons. The summed E-state index contributed by atoms with van der Waals surface area (Å²) in [6, 6.07) is 5.25. The van der Waals surface area contributed by atoms with Gasteiger partial charge in [0.2, 0.25) is 0 Å². The van der Waals surface area contributed by atoms with Gasteiger partial charge in [0.1, 0.15) is 5.75 Å². The second-order valence-electron chi connectivity index (χ2n) is 6.11. The molecule has 1 aromatic rings. The number of hydrogen-bond donors (Lipinski definition) is 3. The first-order valence-corrected chi connectivity index (χ1v) is 7.74. The molecule has 118 valence electrons. The minimum Gasteiger partial charge on any atom is -0.482 e. The molecule has 6 nitrogen and oxygen atoms in total. The van der Waals surface area contributed by atoms with Crippen molar-refractivity contribution >= 4 is 23.3 Å². The molecule has 1 saturated carbocycles. The van der Waals surface area contributed by atoms with Gasteiger partial charge in [-0.15, -0.1) is 0 Å². The Bertz CT molecular complexity index is 588. The minimum absolute atomic E-state index is 0.00259. The molecule has 1 heterocycles. The summed E-state index contributed by atoms with van der Waals surface area (Å²) in [5.41, 5.74) is 1.28. The van der Waals surface area contributed by atoms with Gasteiger partial charge in [-0.3, -0.25) is 4.79 Å². The lowest BCUT2D eigenvalue weighted by Gasteiger charge is -2.27. The van der Waals surface area contributed by atoms with Gasteiger partial charge in [0.15, 0.2) is 6.61 Å². The third-order valence-corrected chi connectivity index (χ3v) is 4.14. The molecule has 3 amide bonds. The molecule has 2 aliphatic rings. The van der Waals surface area contributed by atoms with Crippen LogP contribution in [0.4, 0.5) is 16.2 Å². The van der Waals surface area contributed by atoms with Crippen molar-refractivity contribution in [1.29, 1.82) is 0 Å². The minimum atomic E-state index is -0.195. The number of ether oxygens (including phenoxy) is 1. The summed E-state index contributed by atoms with van der Waals surface area (Å²) in [5.74, 6) is 1.07. The van der Waals surface area contributed by atoms with Gasteiger partial charge in [0.05, 0.1) is 5.69 Å². The van der Waals surface area contributed by atoms with Crippen LogP contribution in [0, 0.1) is 5.92 Å². The van der Waals surface area contributed by atoms with Gasteiger partial charge in [-0.05, 0) is 30.9 Å². The molecule has 2 unspecified atom stereocenters. The Morgan fingerprint density at radius 3 is 3.05 bits per heavy atom. The summed E-state index contributed by atoms with van der Waals surface area (Å²) in [4.78, 5) is 23.3. The average Bonchev–Trinajstić information content (AvgIpc) is 2.47. The molecule has 6 heteroatoms. The fourth-order valence-corrected chi connectivity index (χ4v) is 3.07. The molecular weight excluding hydrogens is 282 g/mol. The standard InChI is InChI=1S/C16H21N3O3/c1-10-3-2-4-11(7-10)17-16(21)18-12-5-6-13-14(8-12)22-9-15(20)19-13/h5-6,8,10-11H,2-4,7,9H2,1H3,(H,19,20)(H2,17,18,21). The van der Waals surface area contributed by atoms with Crippen LogP contribution < -0.4 is 20.7 Å². The zero-order chi connectivity index (χ0) is 15.5. The van der Waals surface area contributed by atoms with E-state index in [1.54, 1.807) is 18.2 Å². The van der Waals surface area contributed by atoms with Gasteiger partial charge in [0.25, 0.3) is 5.91 Å². The predicted octanol–water partition coefficient (Wildman–Crippen LogP) is 2.72. The lowest BCUT2D eigenvalue weighted by atomic mass is 9.87. The molecular formula is C16H21N3O3. The van der Waals surface area contributed by atoms with Crippen molar-refractivity contribution in [3.8, 4) is 5.75 Å². The quantitative estimate of drug-likeness (QED) is 0.786. The first-order chi connectivity index (χ1) is 10.6. The molecule has 3 N–H and O–H groups in total. The SMILES string of the molecule is CC1CCCC(NC(=O)Nc2ccc3c(c2)OCC(=O)N3)C1. The van der Waals surface area contributed by atoms with Crippen LogP contribution in [-0.4, -0.2) is 24.6 Å². The van der Waals surface area contributed by atoms with Gasteiger partial charge in [-0.2, -0.15) is 0 Å². The molecule has 0 aromatic heterocycles. The van der Waals surface area contributed by atoms with Crippen LogP contribution in [0.2, 0.25) is 0 Å². The van der Waals surface area contributed by atoms with E-state index >= 15 is 0 Å². The first-order valence-electron chi connectivity index (χ1n) is 7.74. The van der Waals surface area contributed by atoms with Crippen LogP contribution in [0.25, 0.3) is 0 Å². The largest absolute Gasteiger partial charge is 0.482 e. The number of nitrogens with one attached hydrogen (secondary N) is 3. The van der Waals surface area contributed by atoms with Gasteiger partial charge >= 0.3 is 6.03 Å². The molecule has 1 fully saturated rings. The fraction of sp³-hybridized carbons (Fsp3) is 0.500. The van der Waals surface area contributed by atoms with E-state index < -0.39 is 0 Å². The van der Waals surface area contributed by atoms with E-state index in [-0.39, 0.29) is 24.6 Å². The topological polar surface area (TPSA) is 79.5 Å². The van der Waals surface area contributed by atoms with Crippen LogP contribution in [0.3, 0.4) is 0 Å². The molecule has 0 saturated heterocycles. The van der Waals surface area contributed by atoms with Crippen molar-refractivity contribution in [3.05, 3.63) is 18.2 Å². The number of fused-ring (bicyclic) bond motifs is 1. The van der Waals surface area contributed by atoms with E-state index in [4.69, 9.17) is 4.74 Å². The van der Waals surface area contributed by atoms with Crippen molar-refractivity contribution in [3.63, 3.8) is 0 Å². The predicted molar refractivity (Wildman–Crippen MR) is 84.1 cm³/mol. The third kappa shape index (κ3) is 3.50. The Balaban J connectivity index is 1.58. The van der Waals surface area contributed by atoms with E-state index in [1.807, 2.05) is 0 Å². The Morgan fingerprint density at radius 2 is 2.23 bits per heavy atom. The highest BCUT2D eigenvalue weighted by Gasteiger charge is 2.21. The fourth-order valence-electron chi connectivity index (χ4n) is 3.07. The van der Waals surface area contributed by atoms with E-state index in [1.165, 1.54) is 12.8 Å². The van der Waals surface area contributed by atoms with E-state index in [2.05, 4.69) is 22.9 Å². The van der Waals surface area contributed by atoms with Crippen LogP contribution in [0.1, 0.15) is 32.6 Å². The number of urea groups is 1. The second-order valence-corrected chi connectivity index (χ2v) is 6.11. The maximum Gasteiger partial charge on any atom is 0.319 e. The Hall–Kier alpha value is -2.24. The normalized spacial score (nSPS) is 23.8. The van der Waals surface area contributed by atoms with Crippen LogP contribution >= 0.6 is 0 Å². The number of hydrogen-bond acceptors (Lipinski definition) is 3. The zero-order valence-corrected chi connectivity index (χ0v) is 12.6. The number of carbonyl (C=O) groups excluding carboxylic acids is 2. The van der Waals surface area contributed by atoms with Crippen molar-refractivity contribution in [2.24, 2.45) is 5.92 Å². The molecule has 0 spiro atoms. The second kappa shape index (κ2) is 6.25. The van der Waals surface area contributed by atoms with Crippen molar-refractivity contribution in [2.75, 3.05) is 17.2 Å². The number of amides is 3. The smallest absolute Gasteiger partial charge is 0.319 e. The maximum atomic E-state index is 12.1. The highest BCUT2D eigenvalue weighted by Crippen LogP contribution is 2.30. The zero-order valence-electron chi connectivity index (χ0n) is 12.6. The highest BCUT2D eigenvalue weighted by molar-refractivity contribution is 5.96.